The summed E-state index contributed by atoms with van der Waals surface area (Å²) in [6.07, 6.45) is 0. The fraction of sp³-hybridized carbons (Fsp3) is 0.417. The minimum Gasteiger partial charge on any atom is -0.465 e. The molecule has 1 aromatic carbocycles. The molecule has 0 radical (unpaired) electrons. The third-order valence-corrected chi connectivity index (χ3v) is 2.19. The van der Waals surface area contributed by atoms with Crippen LogP contribution in [0.15, 0.2) is 18.2 Å². The van der Waals surface area contributed by atoms with Gasteiger partial charge < -0.3 is 15.8 Å². The molecule has 0 saturated heterocycles. The fourth-order valence-electron chi connectivity index (χ4n) is 1.35. The minimum atomic E-state index is -0.376. The molecule has 0 atom stereocenters. The molecule has 4 nitrogen and oxygen atoms in total. The van der Waals surface area contributed by atoms with Crippen LogP contribution >= 0.6 is 0 Å². The first-order valence-electron chi connectivity index (χ1n) is 5.27. The highest BCUT2D eigenvalue weighted by Crippen LogP contribution is 2.24. The van der Waals surface area contributed by atoms with E-state index in [4.69, 9.17) is 10.5 Å². The van der Waals surface area contributed by atoms with Gasteiger partial charge in [-0.1, -0.05) is 19.9 Å². The predicted octanol–water partition coefficient (Wildman–Crippen LogP) is 2.12. The van der Waals surface area contributed by atoms with Crippen molar-refractivity contribution in [1.82, 2.24) is 0 Å². The van der Waals surface area contributed by atoms with Gasteiger partial charge in [0.15, 0.2) is 0 Å². The zero-order chi connectivity index (χ0) is 12.1. The molecular formula is C12H18N2O2. The van der Waals surface area contributed by atoms with Crippen LogP contribution in [0.2, 0.25) is 0 Å². The Labute approximate surface area is 95.8 Å². The number of nitrogens with one attached hydrogen (secondary N) is 1. The topological polar surface area (TPSA) is 64.3 Å². The molecule has 0 aliphatic carbocycles. The Kier molecular flexibility index (Phi) is 4.17. The lowest BCUT2D eigenvalue weighted by Crippen LogP contribution is -2.14. The lowest BCUT2D eigenvalue weighted by Gasteiger charge is -2.14. The minimum absolute atomic E-state index is 0.376. The first-order valence-corrected chi connectivity index (χ1v) is 5.27. The fourth-order valence-corrected chi connectivity index (χ4v) is 1.35. The lowest BCUT2D eigenvalue weighted by molar-refractivity contribution is 0.0602. The molecule has 3 N–H and O–H groups in total. The summed E-state index contributed by atoms with van der Waals surface area (Å²) in [4.78, 5) is 11.5. The SMILES string of the molecule is COC(=O)c1cccc(N)c1NCC(C)C. The number of benzene rings is 1. The quantitative estimate of drug-likeness (QED) is 0.605. The monoisotopic (exact) mass is 222 g/mol. The first-order chi connectivity index (χ1) is 7.56. The maximum absolute atomic E-state index is 11.5. The van der Waals surface area contributed by atoms with Gasteiger partial charge in [-0.05, 0) is 18.1 Å². The molecule has 1 aromatic rings. The molecule has 0 saturated carbocycles. The molecule has 0 bridgehead atoms. The largest absolute Gasteiger partial charge is 0.465 e. The van der Waals surface area contributed by atoms with Crippen LogP contribution in [0.1, 0.15) is 24.2 Å². The van der Waals surface area contributed by atoms with E-state index in [-0.39, 0.29) is 5.97 Å². The van der Waals surface area contributed by atoms with Crippen molar-refractivity contribution < 1.29 is 9.53 Å². The van der Waals surface area contributed by atoms with Crippen LogP contribution in [-0.2, 0) is 4.74 Å². The molecule has 88 valence electrons. The standard InChI is InChI=1S/C12H18N2O2/c1-8(2)7-14-11-9(12(15)16-3)5-4-6-10(11)13/h4-6,8,14H,7,13H2,1-3H3. The van der Waals surface area contributed by atoms with Crippen LogP contribution in [0, 0.1) is 5.92 Å². The maximum atomic E-state index is 11.5. The number of methoxy groups -OCH3 is 1. The number of para-hydroxylation sites is 1. The number of anilines is 2. The zero-order valence-electron chi connectivity index (χ0n) is 9.91. The Morgan fingerprint density at radius 2 is 2.19 bits per heavy atom. The molecule has 0 fully saturated rings. The van der Waals surface area contributed by atoms with Crippen LogP contribution in [0.3, 0.4) is 0 Å². The second kappa shape index (κ2) is 5.39. The van der Waals surface area contributed by atoms with Crippen LogP contribution in [0.25, 0.3) is 0 Å². The number of carbonyl (C=O) groups excluding carboxylic acids is 1. The number of nitrogens with two attached hydrogens (primary N) is 1. The molecular weight excluding hydrogens is 204 g/mol. The van der Waals surface area contributed by atoms with Gasteiger partial charge in [-0.15, -0.1) is 0 Å². The van der Waals surface area contributed by atoms with Gasteiger partial charge >= 0.3 is 5.97 Å². The molecule has 1 rings (SSSR count). The van der Waals surface area contributed by atoms with Crippen LogP contribution in [-0.4, -0.2) is 19.6 Å². The first kappa shape index (κ1) is 12.4. The van der Waals surface area contributed by atoms with Crippen LogP contribution < -0.4 is 11.1 Å². The number of ether oxygens (including phenoxy) is 1. The van der Waals surface area contributed by atoms with E-state index in [0.29, 0.717) is 22.9 Å². The summed E-state index contributed by atoms with van der Waals surface area (Å²) in [5.74, 6) is 0.101. The average molecular weight is 222 g/mol. The zero-order valence-corrected chi connectivity index (χ0v) is 9.91. The summed E-state index contributed by atoms with van der Waals surface area (Å²) in [6.45, 7) is 4.94. The molecule has 4 heteroatoms. The summed E-state index contributed by atoms with van der Waals surface area (Å²) in [6, 6.07) is 5.20. The third-order valence-electron chi connectivity index (χ3n) is 2.19. The Balaban J connectivity index is 2.99. The van der Waals surface area contributed by atoms with Gasteiger partial charge in [0.1, 0.15) is 0 Å². The molecule has 0 heterocycles. The van der Waals surface area contributed by atoms with Gasteiger partial charge in [-0.2, -0.15) is 0 Å². The summed E-state index contributed by atoms with van der Waals surface area (Å²) < 4.78 is 4.70. The van der Waals surface area contributed by atoms with Crippen LogP contribution in [0.4, 0.5) is 11.4 Å². The normalized spacial score (nSPS) is 10.2. The van der Waals surface area contributed by atoms with E-state index in [1.54, 1.807) is 18.2 Å². The molecule has 0 spiro atoms. The number of hydrogen-bond donors (Lipinski definition) is 2. The molecule has 0 unspecified atom stereocenters. The molecule has 0 aliphatic heterocycles. The molecule has 0 amide bonds. The summed E-state index contributed by atoms with van der Waals surface area (Å²) in [5, 5.41) is 3.17. The van der Waals surface area contributed by atoms with E-state index in [9.17, 15) is 4.79 Å². The number of rotatable bonds is 4. The van der Waals surface area contributed by atoms with E-state index < -0.39 is 0 Å². The van der Waals surface area contributed by atoms with Crippen molar-refractivity contribution in [3.05, 3.63) is 23.8 Å². The second-order valence-corrected chi connectivity index (χ2v) is 4.04. The molecule has 16 heavy (non-hydrogen) atoms. The van der Waals surface area contributed by atoms with Crippen molar-refractivity contribution in [3.63, 3.8) is 0 Å². The Hall–Kier alpha value is -1.71. The van der Waals surface area contributed by atoms with Gasteiger partial charge in [0.2, 0.25) is 0 Å². The van der Waals surface area contributed by atoms with E-state index >= 15 is 0 Å². The van der Waals surface area contributed by atoms with Gasteiger partial charge in [-0.3, -0.25) is 0 Å². The second-order valence-electron chi connectivity index (χ2n) is 4.04. The number of carbonyl (C=O) groups is 1. The highest BCUT2D eigenvalue weighted by Gasteiger charge is 2.13. The van der Waals surface area contributed by atoms with Crippen LogP contribution in [0.5, 0.6) is 0 Å². The van der Waals surface area contributed by atoms with Crippen molar-refractivity contribution >= 4 is 17.3 Å². The van der Waals surface area contributed by atoms with Crippen molar-refractivity contribution in [2.45, 2.75) is 13.8 Å². The summed E-state index contributed by atoms with van der Waals surface area (Å²) >= 11 is 0. The molecule has 0 aromatic heterocycles. The summed E-state index contributed by atoms with van der Waals surface area (Å²) in [5.41, 5.74) is 7.52. The van der Waals surface area contributed by atoms with Crippen molar-refractivity contribution in [2.24, 2.45) is 5.92 Å². The predicted molar refractivity (Wildman–Crippen MR) is 65.5 cm³/mol. The van der Waals surface area contributed by atoms with Crippen molar-refractivity contribution in [2.75, 3.05) is 24.7 Å². The smallest absolute Gasteiger partial charge is 0.340 e. The van der Waals surface area contributed by atoms with Gasteiger partial charge in [-0.25, -0.2) is 4.79 Å². The van der Waals surface area contributed by atoms with Gasteiger partial charge in [0.05, 0.1) is 24.0 Å². The third kappa shape index (κ3) is 2.89. The van der Waals surface area contributed by atoms with E-state index in [1.807, 2.05) is 0 Å². The van der Waals surface area contributed by atoms with Crippen molar-refractivity contribution in [3.8, 4) is 0 Å². The van der Waals surface area contributed by atoms with Crippen molar-refractivity contribution in [1.29, 1.82) is 0 Å². The van der Waals surface area contributed by atoms with E-state index in [2.05, 4.69) is 19.2 Å². The highest BCUT2D eigenvalue weighted by atomic mass is 16.5. The average Bonchev–Trinajstić information content (AvgIpc) is 2.25. The number of hydrogen-bond acceptors (Lipinski definition) is 4. The Morgan fingerprint density at radius 1 is 1.50 bits per heavy atom. The van der Waals surface area contributed by atoms with E-state index in [0.717, 1.165) is 6.54 Å². The highest BCUT2D eigenvalue weighted by molar-refractivity contribution is 5.98. The lowest BCUT2D eigenvalue weighted by atomic mass is 10.1. The number of nitrogen functional groups attached to an aromatic ring is 1. The van der Waals surface area contributed by atoms with Gasteiger partial charge in [0, 0.05) is 6.54 Å². The van der Waals surface area contributed by atoms with Gasteiger partial charge in [0.25, 0.3) is 0 Å². The Bertz CT molecular complexity index is 375. The Morgan fingerprint density at radius 3 is 2.75 bits per heavy atom. The molecule has 0 aliphatic rings. The maximum Gasteiger partial charge on any atom is 0.340 e. The van der Waals surface area contributed by atoms with E-state index in [1.165, 1.54) is 7.11 Å². The summed E-state index contributed by atoms with van der Waals surface area (Å²) in [7, 11) is 1.36. The number of esters is 1.